The summed E-state index contributed by atoms with van der Waals surface area (Å²) in [5, 5.41) is 5.64. The summed E-state index contributed by atoms with van der Waals surface area (Å²) >= 11 is 4.68. The summed E-state index contributed by atoms with van der Waals surface area (Å²) in [7, 11) is 1.60. The zero-order valence-corrected chi connectivity index (χ0v) is 9.73. The second-order valence-corrected chi connectivity index (χ2v) is 3.51. The first-order valence-electron chi connectivity index (χ1n) is 4.73. The Bertz CT molecular complexity index is 373. The lowest BCUT2D eigenvalue weighted by Gasteiger charge is -2.13. The number of nitrogens with one attached hydrogen (secondary N) is 2. The number of hydrogen-bond acceptors (Lipinski definition) is 3. The van der Waals surface area contributed by atoms with Crippen molar-refractivity contribution in [1.82, 2.24) is 0 Å². The van der Waals surface area contributed by atoms with Crippen molar-refractivity contribution >= 4 is 28.7 Å². The minimum atomic E-state index is -0.407. The predicted molar refractivity (Wildman–Crippen MR) is 67.2 cm³/mol. The molecule has 0 aromatic heterocycles. The Balaban J connectivity index is 2.80. The lowest BCUT2D eigenvalue weighted by Crippen LogP contribution is -2.21. The minimum Gasteiger partial charge on any atom is -0.383 e. The number of halogens is 1. The third-order valence-electron chi connectivity index (χ3n) is 1.88. The van der Waals surface area contributed by atoms with Gasteiger partial charge >= 0.3 is 0 Å². The number of hydrogen-bond donors (Lipinski definition) is 3. The zero-order chi connectivity index (χ0) is 12.0. The highest BCUT2D eigenvalue weighted by Gasteiger charge is 2.08. The average Bonchev–Trinajstić information content (AvgIpc) is 2.23. The van der Waals surface area contributed by atoms with Crippen LogP contribution in [0.4, 0.5) is 15.8 Å². The van der Waals surface area contributed by atoms with E-state index in [1.807, 2.05) is 0 Å². The van der Waals surface area contributed by atoms with E-state index < -0.39 is 5.82 Å². The second-order valence-electron chi connectivity index (χ2n) is 3.07. The van der Waals surface area contributed by atoms with Crippen LogP contribution in [-0.4, -0.2) is 25.4 Å². The van der Waals surface area contributed by atoms with Crippen LogP contribution in [0.1, 0.15) is 0 Å². The van der Waals surface area contributed by atoms with Crippen molar-refractivity contribution in [3.63, 3.8) is 0 Å². The molecule has 0 aliphatic rings. The molecule has 4 nitrogen and oxygen atoms in total. The Morgan fingerprint density at radius 2 is 2.31 bits per heavy atom. The highest BCUT2D eigenvalue weighted by Crippen LogP contribution is 2.24. The fraction of sp³-hybridized carbons (Fsp3) is 0.300. The molecule has 0 saturated carbocycles. The maximum atomic E-state index is 13.5. The molecule has 0 aliphatic heterocycles. The molecule has 0 fully saturated rings. The monoisotopic (exact) mass is 243 g/mol. The number of ether oxygens (including phenoxy) is 1. The van der Waals surface area contributed by atoms with Gasteiger partial charge in [0.2, 0.25) is 0 Å². The van der Waals surface area contributed by atoms with E-state index >= 15 is 0 Å². The maximum Gasteiger partial charge on any atom is 0.168 e. The van der Waals surface area contributed by atoms with E-state index in [1.165, 1.54) is 6.07 Å². The van der Waals surface area contributed by atoms with Crippen molar-refractivity contribution in [3.8, 4) is 0 Å². The van der Waals surface area contributed by atoms with Gasteiger partial charge in [0.15, 0.2) is 5.11 Å². The molecule has 0 bridgehead atoms. The molecule has 88 valence electrons. The van der Waals surface area contributed by atoms with E-state index in [-0.39, 0.29) is 10.8 Å². The number of para-hydroxylation sites is 1. The molecular formula is C10H14FN3OS. The zero-order valence-electron chi connectivity index (χ0n) is 8.92. The van der Waals surface area contributed by atoms with Gasteiger partial charge in [0.25, 0.3) is 0 Å². The van der Waals surface area contributed by atoms with E-state index in [1.54, 1.807) is 19.2 Å². The fourth-order valence-electron chi connectivity index (χ4n) is 1.21. The first-order chi connectivity index (χ1) is 7.65. The van der Waals surface area contributed by atoms with E-state index in [0.717, 1.165) is 0 Å². The van der Waals surface area contributed by atoms with Gasteiger partial charge in [-0.05, 0) is 24.4 Å². The van der Waals surface area contributed by atoms with Crippen LogP contribution in [0.3, 0.4) is 0 Å². The summed E-state index contributed by atoms with van der Waals surface area (Å²) in [5.74, 6) is -0.407. The molecule has 16 heavy (non-hydrogen) atoms. The van der Waals surface area contributed by atoms with E-state index in [0.29, 0.717) is 18.8 Å². The maximum absolute atomic E-state index is 13.5. The molecule has 0 heterocycles. The summed E-state index contributed by atoms with van der Waals surface area (Å²) < 4.78 is 18.4. The van der Waals surface area contributed by atoms with Crippen LogP contribution in [-0.2, 0) is 4.74 Å². The largest absolute Gasteiger partial charge is 0.383 e. The number of thiocarbonyl (C=S) groups is 1. The molecule has 1 aromatic carbocycles. The summed E-state index contributed by atoms with van der Waals surface area (Å²) in [6.45, 7) is 1.11. The molecule has 0 amide bonds. The van der Waals surface area contributed by atoms with Crippen molar-refractivity contribution in [2.45, 2.75) is 0 Å². The van der Waals surface area contributed by atoms with Gasteiger partial charge in [-0.15, -0.1) is 0 Å². The molecule has 1 rings (SSSR count). The van der Waals surface area contributed by atoms with Crippen LogP contribution < -0.4 is 16.4 Å². The summed E-state index contributed by atoms with van der Waals surface area (Å²) in [4.78, 5) is 0. The molecule has 0 unspecified atom stereocenters. The standard InChI is InChI=1S/C10H14FN3OS/c1-15-6-5-13-8-4-2-3-7(11)9(8)14-10(12)16/h2-4,13H,5-6H2,1H3,(H3,12,14,16). The van der Waals surface area contributed by atoms with E-state index in [9.17, 15) is 4.39 Å². The number of rotatable bonds is 5. The Morgan fingerprint density at radius 1 is 1.56 bits per heavy atom. The molecule has 0 spiro atoms. The smallest absolute Gasteiger partial charge is 0.168 e. The van der Waals surface area contributed by atoms with Crippen molar-refractivity contribution < 1.29 is 9.13 Å². The van der Waals surface area contributed by atoms with Gasteiger partial charge in [0.1, 0.15) is 5.82 Å². The third-order valence-corrected chi connectivity index (χ3v) is 1.99. The first kappa shape index (κ1) is 12.7. The number of benzene rings is 1. The Hall–Kier alpha value is -1.40. The van der Waals surface area contributed by atoms with Crippen molar-refractivity contribution in [1.29, 1.82) is 0 Å². The molecular weight excluding hydrogens is 229 g/mol. The van der Waals surface area contributed by atoms with Crippen LogP contribution in [0.25, 0.3) is 0 Å². The molecule has 0 saturated heterocycles. The van der Waals surface area contributed by atoms with Crippen molar-refractivity contribution in [3.05, 3.63) is 24.0 Å². The van der Waals surface area contributed by atoms with Crippen LogP contribution in [0.5, 0.6) is 0 Å². The summed E-state index contributed by atoms with van der Waals surface area (Å²) in [6.07, 6.45) is 0. The van der Waals surface area contributed by atoms with Crippen LogP contribution in [0.15, 0.2) is 18.2 Å². The van der Waals surface area contributed by atoms with Crippen LogP contribution in [0, 0.1) is 5.82 Å². The summed E-state index contributed by atoms with van der Waals surface area (Å²) in [6, 6.07) is 4.68. The van der Waals surface area contributed by atoms with Gasteiger partial charge in [-0.2, -0.15) is 0 Å². The van der Waals surface area contributed by atoms with E-state index in [4.69, 9.17) is 10.5 Å². The highest BCUT2D eigenvalue weighted by molar-refractivity contribution is 7.80. The van der Waals surface area contributed by atoms with Crippen LogP contribution >= 0.6 is 12.2 Å². The Morgan fingerprint density at radius 3 is 2.94 bits per heavy atom. The van der Waals surface area contributed by atoms with Gasteiger partial charge in [0, 0.05) is 13.7 Å². The first-order valence-corrected chi connectivity index (χ1v) is 5.13. The normalized spacial score (nSPS) is 9.88. The average molecular weight is 243 g/mol. The molecule has 0 atom stereocenters. The molecule has 6 heteroatoms. The topological polar surface area (TPSA) is 59.3 Å². The molecule has 0 aliphatic carbocycles. The fourth-order valence-corrected chi connectivity index (χ4v) is 1.31. The highest BCUT2D eigenvalue weighted by atomic mass is 32.1. The lowest BCUT2D eigenvalue weighted by molar-refractivity contribution is 0.211. The molecule has 1 aromatic rings. The van der Waals surface area contributed by atoms with Gasteiger partial charge in [-0.3, -0.25) is 0 Å². The van der Waals surface area contributed by atoms with Gasteiger partial charge in [-0.1, -0.05) is 6.07 Å². The summed E-state index contributed by atoms with van der Waals surface area (Å²) in [5.41, 5.74) is 6.18. The van der Waals surface area contributed by atoms with E-state index in [2.05, 4.69) is 22.9 Å². The predicted octanol–water partition coefficient (Wildman–Crippen LogP) is 1.54. The van der Waals surface area contributed by atoms with Crippen LogP contribution in [0.2, 0.25) is 0 Å². The second kappa shape index (κ2) is 6.24. The van der Waals surface area contributed by atoms with Gasteiger partial charge in [0.05, 0.1) is 18.0 Å². The van der Waals surface area contributed by atoms with Crippen molar-refractivity contribution in [2.24, 2.45) is 5.73 Å². The minimum absolute atomic E-state index is 0.0277. The number of methoxy groups -OCH3 is 1. The molecule has 4 N–H and O–H groups in total. The quantitative estimate of drug-likeness (QED) is 0.541. The number of anilines is 2. The SMILES string of the molecule is COCCNc1cccc(F)c1NC(N)=S. The Kier molecular flexibility index (Phi) is 4.94. The number of nitrogens with two attached hydrogens (primary N) is 1. The van der Waals surface area contributed by atoms with Crippen molar-refractivity contribution in [2.75, 3.05) is 30.9 Å². The lowest BCUT2D eigenvalue weighted by atomic mass is 10.2. The third kappa shape index (κ3) is 3.63. The molecule has 0 radical (unpaired) electrons. The van der Waals surface area contributed by atoms with Gasteiger partial charge in [-0.25, -0.2) is 4.39 Å². The Labute approximate surface area is 99.0 Å². The van der Waals surface area contributed by atoms with Gasteiger partial charge < -0.3 is 21.1 Å².